The molecule has 55 heavy (non-hydrogen) atoms. The Balaban J connectivity index is 1.45. The Morgan fingerprint density at radius 2 is 1.73 bits per heavy atom. The Morgan fingerprint density at radius 1 is 1.05 bits per heavy atom. The van der Waals surface area contributed by atoms with Crippen LogP contribution in [0.5, 0.6) is 11.6 Å². The summed E-state index contributed by atoms with van der Waals surface area (Å²) in [7, 11) is -2.97. The number of carbonyl (C=O) groups is 4. The first-order valence-corrected chi connectivity index (χ1v) is 19.9. The summed E-state index contributed by atoms with van der Waals surface area (Å²) in [6, 6.07) is 3.76. The molecule has 1 aromatic heterocycles. The number of fused-ring (bicyclic) bond motifs is 1. The number of hydrogen-bond donors (Lipinski definition) is 1. The first-order valence-electron chi connectivity index (χ1n) is 18.1. The van der Waals surface area contributed by atoms with E-state index in [2.05, 4.69) is 4.98 Å². The van der Waals surface area contributed by atoms with Crippen LogP contribution in [0.2, 0.25) is 5.02 Å². The standard InChI is InChI=1S/C37H47ClF3N3O10S/c1-8-20-17-36(20,33(48)43-55(49,50)54-21-9-10-21)18-27(45)26-15-22(52-31-24-11-12-28(51-7)30(38)23(24)13-14-42-31)19-44(26)32(47)25(34(2,3)4)16-29(46)53-35(5,6)37(39,40)41/h11-14,20-22,25-26H,8-10,15-19H2,1-7H3,(H,43,48)/t20-,22-,25-,26+,36-/m1/s1. The zero-order chi connectivity index (χ0) is 40.9. The van der Waals surface area contributed by atoms with E-state index in [1.165, 1.54) is 18.2 Å². The minimum atomic E-state index is -4.88. The van der Waals surface area contributed by atoms with Crippen LogP contribution in [0.4, 0.5) is 13.2 Å². The number of likely N-dealkylation sites (tertiary alicyclic amines) is 1. The van der Waals surface area contributed by atoms with Crippen LogP contribution in [0.3, 0.4) is 0 Å². The summed E-state index contributed by atoms with van der Waals surface area (Å²) in [6.45, 7) is 7.94. The van der Waals surface area contributed by atoms with Gasteiger partial charge in [0.25, 0.3) is 0 Å². The number of nitrogens with one attached hydrogen (secondary N) is 1. The number of nitrogens with zero attached hydrogens (tertiary/aromatic N) is 2. The van der Waals surface area contributed by atoms with Crippen molar-refractivity contribution in [2.45, 2.75) is 117 Å². The largest absolute Gasteiger partial charge is 0.495 e. The first-order chi connectivity index (χ1) is 25.4. The second kappa shape index (κ2) is 15.3. The minimum absolute atomic E-state index is 0.0769. The molecule has 2 saturated carbocycles. The zero-order valence-corrected chi connectivity index (χ0v) is 33.3. The van der Waals surface area contributed by atoms with Crippen molar-refractivity contribution in [1.82, 2.24) is 14.6 Å². The molecule has 0 unspecified atom stereocenters. The predicted octanol–water partition coefficient (Wildman–Crippen LogP) is 6.10. The van der Waals surface area contributed by atoms with Gasteiger partial charge >= 0.3 is 22.4 Å². The summed E-state index contributed by atoms with van der Waals surface area (Å²) in [5, 5.41) is 1.38. The molecule has 1 aromatic carbocycles. The van der Waals surface area contributed by atoms with E-state index in [0.29, 0.717) is 54.7 Å². The molecule has 0 spiro atoms. The summed E-state index contributed by atoms with van der Waals surface area (Å²) < 4.78 is 89.4. The number of alkyl halides is 3. The van der Waals surface area contributed by atoms with Crippen LogP contribution in [0.1, 0.15) is 86.5 Å². The molecule has 1 saturated heterocycles. The second-order valence-electron chi connectivity index (χ2n) is 16.2. The van der Waals surface area contributed by atoms with Gasteiger partial charge in [0.1, 0.15) is 11.9 Å². The van der Waals surface area contributed by atoms with Crippen LogP contribution in [-0.4, -0.2) is 85.6 Å². The number of Topliss-reactive ketones (excluding diaryl/α,β-unsaturated/α-hetero) is 1. The van der Waals surface area contributed by atoms with E-state index in [9.17, 15) is 40.8 Å². The fourth-order valence-electron chi connectivity index (χ4n) is 7.03. The van der Waals surface area contributed by atoms with E-state index in [0.717, 1.165) is 0 Å². The summed E-state index contributed by atoms with van der Waals surface area (Å²) in [5.74, 6) is -4.43. The highest BCUT2D eigenvalue weighted by Crippen LogP contribution is 2.58. The highest BCUT2D eigenvalue weighted by molar-refractivity contribution is 7.85. The molecule has 3 aliphatic rings. The van der Waals surface area contributed by atoms with Gasteiger partial charge in [-0.15, -0.1) is 0 Å². The molecule has 13 nitrogen and oxygen atoms in total. The summed E-state index contributed by atoms with van der Waals surface area (Å²) in [4.78, 5) is 61.1. The van der Waals surface area contributed by atoms with Crippen molar-refractivity contribution in [3.63, 3.8) is 0 Å². The molecule has 0 radical (unpaired) electrons. The lowest BCUT2D eigenvalue weighted by Crippen LogP contribution is -2.49. The summed E-state index contributed by atoms with van der Waals surface area (Å²) in [5.41, 5.74) is -5.22. The Bertz CT molecular complexity index is 1950. The number of benzene rings is 1. The van der Waals surface area contributed by atoms with E-state index in [-0.39, 0.29) is 31.2 Å². The van der Waals surface area contributed by atoms with E-state index >= 15 is 0 Å². The second-order valence-corrected chi connectivity index (χ2v) is 17.9. The van der Waals surface area contributed by atoms with Crippen LogP contribution in [0.15, 0.2) is 24.4 Å². The van der Waals surface area contributed by atoms with E-state index in [1.807, 2.05) is 4.72 Å². The molecule has 2 aromatic rings. The Kier molecular flexibility index (Phi) is 11.8. The van der Waals surface area contributed by atoms with Gasteiger partial charge < -0.3 is 19.1 Å². The van der Waals surface area contributed by atoms with Gasteiger partial charge in [0.15, 0.2) is 5.78 Å². The van der Waals surface area contributed by atoms with Gasteiger partial charge in [0.05, 0.1) is 48.6 Å². The van der Waals surface area contributed by atoms with Gasteiger partial charge in [0.2, 0.25) is 23.3 Å². The van der Waals surface area contributed by atoms with E-state index in [1.54, 1.807) is 45.9 Å². The molecule has 18 heteroatoms. The Labute approximate surface area is 323 Å². The maximum atomic E-state index is 14.5. The van der Waals surface area contributed by atoms with Crippen molar-refractivity contribution in [3.05, 3.63) is 29.4 Å². The average Bonchev–Trinajstić information content (AvgIpc) is 3.98. The third-order valence-corrected chi connectivity index (χ3v) is 12.0. The summed E-state index contributed by atoms with van der Waals surface area (Å²) in [6.07, 6.45) is -4.24. The van der Waals surface area contributed by atoms with Gasteiger partial charge in [0, 0.05) is 29.8 Å². The quantitative estimate of drug-likeness (QED) is 0.207. The van der Waals surface area contributed by atoms with Crippen molar-refractivity contribution in [1.29, 1.82) is 0 Å². The number of aromatic nitrogens is 1. The number of carbonyl (C=O) groups excluding carboxylic acids is 4. The maximum Gasteiger partial charge on any atom is 0.427 e. The topological polar surface area (TPSA) is 168 Å². The molecule has 2 amide bonds. The SMILES string of the molecule is CC[C@@H]1C[C@]1(CC(=O)[C@@H]1C[C@@H](Oc2nccc3c(Cl)c(OC)ccc23)CN1C(=O)[C@@H](CC(=O)OC(C)(C)C(F)(F)F)C(C)(C)C)C(=O)NS(=O)(=O)OC1CC1. The lowest BCUT2D eigenvalue weighted by atomic mass is 9.77. The molecule has 304 valence electrons. The van der Waals surface area contributed by atoms with Crippen molar-refractivity contribution < 1.29 is 59.2 Å². The third kappa shape index (κ3) is 9.30. The molecular weight excluding hydrogens is 771 g/mol. The number of esters is 1. The van der Waals surface area contributed by atoms with Crippen LogP contribution in [0, 0.1) is 22.7 Å². The number of pyridine rings is 1. The van der Waals surface area contributed by atoms with Crippen molar-refractivity contribution in [2.24, 2.45) is 22.7 Å². The third-order valence-electron chi connectivity index (χ3n) is 10.7. The molecule has 1 N–H and O–H groups in total. The fraction of sp³-hybridized carbons (Fsp3) is 0.649. The van der Waals surface area contributed by atoms with Crippen LogP contribution in [-0.2, 0) is 38.4 Å². The zero-order valence-electron chi connectivity index (χ0n) is 31.8. The van der Waals surface area contributed by atoms with Gasteiger partial charge in [-0.3, -0.25) is 23.4 Å². The Morgan fingerprint density at radius 3 is 2.29 bits per heavy atom. The molecule has 0 bridgehead atoms. The number of methoxy groups -OCH3 is 1. The Hall–Kier alpha value is -3.70. The number of ether oxygens (including phenoxy) is 3. The number of rotatable bonds is 15. The van der Waals surface area contributed by atoms with Crippen LogP contribution in [0.25, 0.3) is 10.8 Å². The van der Waals surface area contributed by atoms with Crippen LogP contribution < -0.4 is 14.2 Å². The number of ketones is 1. The monoisotopic (exact) mass is 817 g/mol. The van der Waals surface area contributed by atoms with Gasteiger partial charge in [-0.1, -0.05) is 45.7 Å². The molecule has 2 heterocycles. The highest BCUT2D eigenvalue weighted by atomic mass is 35.5. The van der Waals surface area contributed by atoms with Crippen LogP contribution >= 0.6 is 11.6 Å². The number of hydrogen-bond acceptors (Lipinski definition) is 11. The highest BCUT2D eigenvalue weighted by Gasteiger charge is 2.61. The molecule has 3 fully saturated rings. The van der Waals surface area contributed by atoms with E-state index < -0.39 is 93.5 Å². The van der Waals surface area contributed by atoms with Gasteiger partial charge in [-0.2, -0.15) is 21.6 Å². The maximum absolute atomic E-state index is 14.5. The van der Waals surface area contributed by atoms with E-state index in [4.69, 9.17) is 30.0 Å². The minimum Gasteiger partial charge on any atom is -0.495 e. The van der Waals surface area contributed by atoms with Crippen molar-refractivity contribution in [2.75, 3.05) is 13.7 Å². The van der Waals surface area contributed by atoms with Gasteiger partial charge in [-0.25, -0.2) is 9.71 Å². The van der Waals surface area contributed by atoms with Crippen molar-refractivity contribution >= 4 is 56.2 Å². The van der Waals surface area contributed by atoms with Crippen molar-refractivity contribution in [3.8, 4) is 11.6 Å². The smallest absolute Gasteiger partial charge is 0.427 e. The summed E-state index contributed by atoms with van der Waals surface area (Å²) >= 11 is 6.54. The molecule has 5 rings (SSSR count). The lowest BCUT2D eigenvalue weighted by Gasteiger charge is -2.35. The molecule has 5 atom stereocenters. The number of halogens is 4. The predicted molar refractivity (Wildman–Crippen MR) is 193 cm³/mol. The average molecular weight is 818 g/mol. The fourth-order valence-corrected chi connectivity index (χ4v) is 8.36. The molecule has 1 aliphatic heterocycles. The van der Waals surface area contributed by atoms with Gasteiger partial charge in [-0.05, 0) is 62.6 Å². The normalized spacial score (nSPS) is 23.6. The lowest BCUT2D eigenvalue weighted by molar-refractivity contribution is -0.257. The number of amides is 2. The first kappa shape index (κ1) is 42.4. The molecule has 2 aliphatic carbocycles. The molecular formula is C37H47ClF3N3O10S.